The summed E-state index contributed by atoms with van der Waals surface area (Å²) in [6, 6.07) is 0. The minimum atomic E-state index is -2.68. The van der Waals surface area contributed by atoms with E-state index in [-0.39, 0.29) is 17.5 Å². The van der Waals surface area contributed by atoms with E-state index in [2.05, 4.69) is 0 Å². The molecule has 0 saturated heterocycles. The van der Waals surface area contributed by atoms with E-state index >= 15 is 0 Å². The molecule has 0 radical (unpaired) electrons. The van der Waals surface area contributed by atoms with Gasteiger partial charge in [0.2, 0.25) is 0 Å². The molecule has 132 valence electrons. The van der Waals surface area contributed by atoms with E-state index in [4.69, 9.17) is 5.11 Å². The third-order valence-electron chi connectivity index (χ3n) is 5.66. The first-order valence-corrected chi connectivity index (χ1v) is 11.0. The maximum Gasteiger partial charge on any atom is 0.307 e. The van der Waals surface area contributed by atoms with Gasteiger partial charge in [-0.25, -0.2) is 0 Å². The zero-order chi connectivity index (χ0) is 16.9. The lowest BCUT2D eigenvalue weighted by Gasteiger charge is -2.39. The van der Waals surface area contributed by atoms with Gasteiger partial charge in [-0.05, 0) is 25.7 Å². The van der Waals surface area contributed by atoms with Gasteiger partial charge < -0.3 is 14.8 Å². The second-order valence-electron chi connectivity index (χ2n) is 7.25. The summed E-state index contributed by atoms with van der Waals surface area (Å²) in [5, 5.41) is 18.4. The topological polar surface area (TPSA) is 91.7 Å². The van der Waals surface area contributed by atoms with Crippen molar-refractivity contribution in [3.63, 3.8) is 0 Å². The van der Waals surface area contributed by atoms with Crippen LogP contribution < -0.4 is 0 Å². The van der Waals surface area contributed by atoms with Crippen LogP contribution in [0.5, 0.6) is 0 Å². The van der Waals surface area contributed by atoms with Crippen LogP contribution in [0.1, 0.15) is 70.6 Å². The summed E-state index contributed by atoms with van der Waals surface area (Å²) in [6.45, 7) is 0. The summed E-state index contributed by atoms with van der Waals surface area (Å²) >= 11 is 0. The van der Waals surface area contributed by atoms with Crippen molar-refractivity contribution < 1.29 is 24.4 Å². The second kappa shape index (κ2) is 8.32. The highest BCUT2D eigenvalue weighted by atomic mass is 31.2. The Morgan fingerprint density at radius 3 is 1.65 bits per heavy atom. The zero-order valence-corrected chi connectivity index (χ0v) is 14.7. The average molecular weight is 344 g/mol. The number of rotatable bonds is 7. The number of carbonyl (C=O) groups is 2. The summed E-state index contributed by atoms with van der Waals surface area (Å²) in [7, 11) is -2.68. The van der Waals surface area contributed by atoms with Crippen LogP contribution in [0, 0.1) is 5.92 Å². The SMILES string of the molecule is O=C(O)CC(CP(=O)(C1CCCCC1)C1CCCCC1)C(=O)O. The fourth-order valence-electron chi connectivity index (χ4n) is 4.42. The number of hydrogen-bond acceptors (Lipinski definition) is 3. The van der Waals surface area contributed by atoms with E-state index in [9.17, 15) is 19.3 Å². The van der Waals surface area contributed by atoms with Crippen LogP contribution in [-0.2, 0) is 14.2 Å². The maximum absolute atomic E-state index is 14.0. The molecule has 6 heteroatoms. The van der Waals surface area contributed by atoms with Crippen molar-refractivity contribution in [3.05, 3.63) is 0 Å². The monoisotopic (exact) mass is 344 g/mol. The van der Waals surface area contributed by atoms with Gasteiger partial charge in [0.15, 0.2) is 0 Å². The van der Waals surface area contributed by atoms with Gasteiger partial charge in [-0.3, -0.25) is 9.59 Å². The van der Waals surface area contributed by atoms with Crippen molar-refractivity contribution in [3.8, 4) is 0 Å². The molecule has 2 aliphatic rings. The van der Waals surface area contributed by atoms with Crippen molar-refractivity contribution in [2.45, 2.75) is 81.9 Å². The van der Waals surface area contributed by atoms with Crippen molar-refractivity contribution in [1.29, 1.82) is 0 Å². The van der Waals surface area contributed by atoms with Crippen LogP contribution in [0.15, 0.2) is 0 Å². The van der Waals surface area contributed by atoms with E-state index in [0.29, 0.717) is 0 Å². The molecule has 0 aliphatic heterocycles. The van der Waals surface area contributed by atoms with Crippen molar-refractivity contribution in [2.24, 2.45) is 5.92 Å². The van der Waals surface area contributed by atoms with Gasteiger partial charge in [0, 0.05) is 17.5 Å². The smallest absolute Gasteiger partial charge is 0.307 e. The number of aliphatic carboxylic acids is 2. The maximum atomic E-state index is 14.0. The standard InChI is InChI=1S/C17H29O5P/c18-16(19)11-13(17(20)21)12-23(22,14-7-3-1-4-8-14)15-9-5-2-6-10-15/h13-15H,1-12H2,(H,18,19)(H,20,21). The fourth-order valence-corrected chi connectivity index (χ4v) is 9.06. The molecule has 1 unspecified atom stereocenters. The number of carboxylic acids is 2. The van der Waals surface area contributed by atoms with Gasteiger partial charge in [0.25, 0.3) is 0 Å². The van der Waals surface area contributed by atoms with E-state index < -0.39 is 31.4 Å². The Morgan fingerprint density at radius 2 is 1.30 bits per heavy atom. The lowest BCUT2D eigenvalue weighted by molar-refractivity contribution is -0.147. The predicted octanol–water partition coefficient (Wildman–Crippen LogP) is 4.19. The summed E-state index contributed by atoms with van der Waals surface area (Å²) in [4.78, 5) is 22.5. The van der Waals surface area contributed by atoms with Gasteiger partial charge in [-0.15, -0.1) is 0 Å². The Bertz CT molecular complexity index is 442. The van der Waals surface area contributed by atoms with E-state index in [1.54, 1.807) is 0 Å². The number of carboxylic acid groups (broad SMARTS) is 2. The molecule has 5 nitrogen and oxygen atoms in total. The molecule has 23 heavy (non-hydrogen) atoms. The van der Waals surface area contributed by atoms with Gasteiger partial charge in [-0.1, -0.05) is 38.5 Å². The van der Waals surface area contributed by atoms with Crippen LogP contribution in [0.3, 0.4) is 0 Å². The first-order chi connectivity index (χ1) is 10.9. The van der Waals surface area contributed by atoms with Gasteiger partial charge in [0.05, 0.1) is 19.5 Å². The highest BCUT2D eigenvalue weighted by molar-refractivity contribution is 7.65. The summed E-state index contributed by atoms with van der Waals surface area (Å²) < 4.78 is 14.0. The highest BCUT2D eigenvalue weighted by Gasteiger charge is 2.44. The molecule has 0 spiro atoms. The third kappa shape index (κ3) is 4.82. The molecule has 2 saturated carbocycles. The molecule has 2 fully saturated rings. The number of hydrogen-bond donors (Lipinski definition) is 2. The Labute approximate surface area is 138 Å². The minimum absolute atomic E-state index is 0.0873. The van der Waals surface area contributed by atoms with Crippen molar-refractivity contribution >= 4 is 19.1 Å². The quantitative estimate of drug-likeness (QED) is 0.676. The first-order valence-electron chi connectivity index (χ1n) is 8.96. The molecule has 0 amide bonds. The molecule has 2 aliphatic carbocycles. The summed E-state index contributed by atoms with van der Waals surface area (Å²) in [6.07, 6.45) is 9.97. The van der Waals surface area contributed by atoms with Crippen LogP contribution in [-0.4, -0.2) is 39.6 Å². The molecule has 0 heterocycles. The minimum Gasteiger partial charge on any atom is -0.481 e. The summed E-state index contributed by atoms with van der Waals surface area (Å²) in [5.74, 6) is -3.24. The molecule has 0 bridgehead atoms. The van der Waals surface area contributed by atoms with Crippen LogP contribution >= 0.6 is 7.14 Å². The molecule has 2 N–H and O–H groups in total. The molecule has 0 aromatic rings. The lowest BCUT2D eigenvalue weighted by atomic mass is 9.99. The normalized spacial score (nSPS) is 22.6. The van der Waals surface area contributed by atoms with Crippen LogP contribution in [0.25, 0.3) is 0 Å². The molecule has 1 atom stereocenters. The Balaban J connectivity index is 2.21. The largest absolute Gasteiger partial charge is 0.481 e. The first kappa shape index (κ1) is 18.5. The highest BCUT2D eigenvalue weighted by Crippen LogP contribution is 2.63. The Hall–Kier alpha value is -0.830. The van der Waals surface area contributed by atoms with Crippen molar-refractivity contribution in [2.75, 3.05) is 6.16 Å². The molecular weight excluding hydrogens is 315 g/mol. The van der Waals surface area contributed by atoms with Gasteiger partial charge in [-0.2, -0.15) is 0 Å². The zero-order valence-electron chi connectivity index (χ0n) is 13.8. The molecule has 0 aromatic heterocycles. The van der Waals surface area contributed by atoms with E-state index in [1.165, 1.54) is 12.8 Å². The van der Waals surface area contributed by atoms with Crippen LogP contribution in [0.4, 0.5) is 0 Å². The Morgan fingerprint density at radius 1 is 0.870 bits per heavy atom. The molecular formula is C17H29O5P. The third-order valence-corrected chi connectivity index (χ3v) is 10.2. The predicted molar refractivity (Wildman–Crippen MR) is 89.6 cm³/mol. The second-order valence-corrected chi connectivity index (χ2v) is 10.8. The molecule has 2 rings (SSSR count). The van der Waals surface area contributed by atoms with Crippen molar-refractivity contribution in [1.82, 2.24) is 0 Å². The van der Waals surface area contributed by atoms with E-state index in [1.807, 2.05) is 0 Å². The van der Waals surface area contributed by atoms with E-state index in [0.717, 1.165) is 51.4 Å². The Kier molecular flexibility index (Phi) is 6.70. The van der Waals surface area contributed by atoms with Crippen LogP contribution in [0.2, 0.25) is 0 Å². The van der Waals surface area contributed by atoms with Gasteiger partial charge in [0.1, 0.15) is 0 Å². The molecule has 0 aromatic carbocycles. The average Bonchev–Trinajstić information content (AvgIpc) is 2.55. The lowest BCUT2D eigenvalue weighted by Crippen LogP contribution is -2.30. The summed E-state index contributed by atoms with van der Waals surface area (Å²) in [5.41, 5.74) is 0.241. The fraction of sp³-hybridized carbons (Fsp3) is 0.882. The van der Waals surface area contributed by atoms with Gasteiger partial charge >= 0.3 is 11.9 Å².